The number of carbonyl (C=O) groups excluding carboxylic acids is 2. The Hall–Kier alpha value is -3.62. The zero-order valence-electron chi connectivity index (χ0n) is 19.1. The molecule has 0 spiro atoms. The number of nitrogens with zero attached hydrogens (tertiary/aromatic N) is 2. The van der Waals surface area contributed by atoms with Gasteiger partial charge in [-0.2, -0.15) is 9.57 Å². The maximum absolute atomic E-state index is 13.1. The van der Waals surface area contributed by atoms with Crippen LogP contribution in [0.2, 0.25) is 0 Å². The Balaban J connectivity index is 1.32. The minimum absolute atomic E-state index is 0.103. The van der Waals surface area contributed by atoms with Crippen LogP contribution in [0.1, 0.15) is 25.3 Å². The monoisotopic (exact) mass is 499 g/mol. The molecule has 0 saturated carbocycles. The summed E-state index contributed by atoms with van der Waals surface area (Å²) in [6, 6.07) is 13.0. The largest absolute Gasteiger partial charge is 0.486 e. The Morgan fingerprint density at radius 3 is 2.51 bits per heavy atom. The third-order valence-corrected chi connectivity index (χ3v) is 7.80. The molecule has 11 heteroatoms. The van der Waals surface area contributed by atoms with Gasteiger partial charge in [0, 0.05) is 19.2 Å². The van der Waals surface area contributed by atoms with E-state index >= 15 is 0 Å². The highest BCUT2D eigenvalue weighted by molar-refractivity contribution is 7.89. The summed E-state index contributed by atoms with van der Waals surface area (Å²) >= 11 is 0. The number of para-hydroxylation sites is 1. The molecule has 4 rings (SSSR count). The van der Waals surface area contributed by atoms with Gasteiger partial charge >= 0.3 is 5.97 Å². The zero-order chi connectivity index (χ0) is 25.0. The number of esters is 1. The first-order chi connectivity index (χ1) is 16.8. The predicted octanol–water partition coefficient (Wildman–Crippen LogP) is 2.30. The molecule has 0 aromatic heterocycles. The van der Waals surface area contributed by atoms with Gasteiger partial charge in [-0.3, -0.25) is 9.59 Å². The van der Waals surface area contributed by atoms with Crippen molar-refractivity contribution in [2.75, 3.05) is 31.6 Å². The smallest absolute Gasteiger partial charge is 0.309 e. The van der Waals surface area contributed by atoms with Crippen LogP contribution in [0.5, 0.6) is 11.5 Å². The number of hydrogen-bond acceptors (Lipinski definition) is 8. The molecule has 0 unspecified atom stereocenters. The lowest BCUT2D eigenvalue weighted by atomic mass is 9.98. The number of benzene rings is 2. The Morgan fingerprint density at radius 1 is 1.11 bits per heavy atom. The number of ether oxygens (including phenoxy) is 3. The zero-order valence-corrected chi connectivity index (χ0v) is 19.9. The van der Waals surface area contributed by atoms with E-state index in [1.54, 1.807) is 30.3 Å². The van der Waals surface area contributed by atoms with E-state index < -0.39 is 33.9 Å². The van der Waals surface area contributed by atoms with E-state index in [-0.39, 0.29) is 30.8 Å². The van der Waals surface area contributed by atoms with Crippen molar-refractivity contribution in [3.05, 3.63) is 48.0 Å². The molecule has 35 heavy (non-hydrogen) atoms. The number of nitriles is 1. The van der Waals surface area contributed by atoms with Crippen LogP contribution in [0.25, 0.3) is 0 Å². The number of piperidine rings is 1. The second-order valence-corrected chi connectivity index (χ2v) is 10.1. The van der Waals surface area contributed by atoms with Crippen molar-refractivity contribution in [2.45, 2.75) is 30.8 Å². The molecule has 1 fully saturated rings. The Kier molecular flexibility index (Phi) is 7.23. The fourth-order valence-corrected chi connectivity index (χ4v) is 5.40. The predicted molar refractivity (Wildman–Crippen MR) is 124 cm³/mol. The lowest BCUT2D eigenvalue weighted by Gasteiger charge is -2.31. The van der Waals surface area contributed by atoms with E-state index in [4.69, 9.17) is 19.5 Å². The minimum Gasteiger partial charge on any atom is -0.486 e. The van der Waals surface area contributed by atoms with Gasteiger partial charge in [0.2, 0.25) is 10.0 Å². The van der Waals surface area contributed by atoms with Gasteiger partial charge in [-0.1, -0.05) is 12.1 Å². The van der Waals surface area contributed by atoms with E-state index in [2.05, 4.69) is 5.32 Å². The summed E-state index contributed by atoms with van der Waals surface area (Å²) in [5, 5.41) is 11.7. The van der Waals surface area contributed by atoms with E-state index in [9.17, 15) is 18.0 Å². The van der Waals surface area contributed by atoms with Crippen LogP contribution < -0.4 is 14.8 Å². The second-order valence-electron chi connectivity index (χ2n) is 8.21. The van der Waals surface area contributed by atoms with Crippen molar-refractivity contribution in [3.63, 3.8) is 0 Å². The third-order valence-electron chi connectivity index (χ3n) is 5.91. The van der Waals surface area contributed by atoms with E-state index in [1.165, 1.54) is 23.4 Å². The number of sulfonamides is 1. The molecule has 1 amide bonds. The Labute approximate surface area is 203 Å². The first-order valence-electron chi connectivity index (χ1n) is 11.2. The highest BCUT2D eigenvalue weighted by Crippen LogP contribution is 2.34. The molecule has 2 aromatic rings. The SMILES string of the molecule is C[C@@H](OC(=O)C1CCN(S(=O)(=O)c2ccc3c(c2)OCCO3)CC1)C(=O)Nc1ccccc1C#N. The van der Waals surface area contributed by atoms with Crippen LogP contribution in [0.15, 0.2) is 47.4 Å². The normalized spacial score (nSPS) is 17.1. The average molecular weight is 500 g/mol. The molecular formula is C24H25N3O7S. The van der Waals surface area contributed by atoms with Gasteiger partial charge in [0.05, 0.1) is 22.1 Å². The van der Waals surface area contributed by atoms with Gasteiger partial charge in [-0.15, -0.1) is 0 Å². The quantitative estimate of drug-likeness (QED) is 0.598. The molecule has 0 radical (unpaired) electrons. The van der Waals surface area contributed by atoms with Crippen molar-refractivity contribution in [2.24, 2.45) is 5.92 Å². The molecule has 10 nitrogen and oxygen atoms in total. The van der Waals surface area contributed by atoms with E-state index in [1.807, 2.05) is 6.07 Å². The molecular weight excluding hydrogens is 474 g/mol. The standard InChI is InChI=1S/C24H25N3O7S/c1-16(23(28)26-20-5-3-2-4-18(20)15-25)34-24(29)17-8-10-27(11-9-17)35(30,31)19-6-7-21-22(14-19)33-13-12-32-21/h2-7,14,16-17H,8-13H2,1H3,(H,26,28)/t16-/m1/s1. The second kappa shape index (κ2) is 10.3. The number of carbonyl (C=O) groups is 2. The van der Waals surface area contributed by atoms with Crippen LogP contribution >= 0.6 is 0 Å². The molecule has 0 bridgehead atoms. The summed E-state index contributed by atoms with van der Waals surface area (Å²) in [5.74, 6) is -0.744. The van der Waals surface area contributed by atoms with Crippen LogP contribution in [0, 0.1) is 17.2 Å². The summed E-state index contributed by atoms with van der Waals surface area (Å²) in [5.41, 5.74) is 0.631. The summed E-state index contributed by atoms with van der Waals surface area (Å²) in [7, 11) is -3.77. The molecule has 1 saturated heterocycles. The fraction of sp³-hybridized carbons (Fsp3) is 0.375. The molecule has 2 aliphatic rings. The highest BCUT2D eigenvalue weighted by atomic mass is 32.2. The number of nitrogens with one attached hydrogen (secondary N) is 1. The van der Waals surface area contributed by atoms with Crippen molar-refractivity contribution in [1.29, 1.82) is 5.26 Å². The molecule has 2 aromatic carbocycles. The Morgan fingerprint density at radius 2 is 1.80 bits per heavy atom. The summed E-state index contributed by atoms with van der Waals surface area (Å²) in [6.07, 6.45) is -0.531. The summed E-state index contributed by atoms with van der Waals surface area (Å²) in [4.78, 5) is 25.2. The number of amides is 1. The van der Waals surface area contributed by atoms with Crippen LogP contribution in [0.4, 0.5) is 5.69 Å². The molecule has 1 N–H and O–H groups in total. The summed E-state index contributed by atoms with van der Waals surface area (Å²) < 4.78 is 43.8. The third kappa shape index (κ3) is 5.39. The highest BCUT2D eigenvalue weighted by Gasteiger charge is 2.34. The summed E-state index contributed by atoms with van der Waals surface area (Å²) in [6.45, 7) is 2.50. The Bertz CT molecular complexity index is 1260. The molecule has 2 heterocycles. The average Bonchev–Trinajstić information content (AvgIpc) is 2.88. The number of hydrogen-bond donors (Lipinski definition) is 1. The van der Waals surface area contributed by atoms with E-state index in [0.717, 1.165) is 0 Å². The molecule has 0 aliphatic carbocycles. The van der Waals surface area contributed by atoms with Gasteiger partial charge < -0.3 is 19.5 Å². The number of anilines is 1. The van der Waals surface area contributed by atoms with Crippen LogP contribution in [-0.4, -0.2) is 57.0 Å². The number of fused-ring (bicyclic) bond motifs is 1. The first-order valence-corrected chi connectivity index (χ1v) is 12.6. The van der Waals surface area contributed by atoms with Gasteiger partial charge in [0.25, 0.3) is 5.91 Å². The minimum atomic E-state index is -3.77. The maximum atomic E-state index is 13.1. The fourth-order valence-electron chi connectivity index (χ4n) is 3.91. The van der Waals surface area contributed by atoms with Crippen LogP contribution in [-0.2, 0) is 24.3 Å². The van der Waals surface area contributed by atoms with Crippen molar-refractivity contribution in [3.8, 4) is 17.6 Å². The number of rotatable bonds is 6. The van der Waals surface area contributed by atoms with Gasteiger partial charge in [0.15, 0.2) is 17.6 Å². The van der Waals surface area contributed by atoms with Crippen LogP contribution in [0.3, 0.4) is 0 Å². The molecule has 184 valence electrons. The van der Waals surface area contributed by atoms with E-state index in [0.29, 0.717) is 36.0 Å². The lowest BCUT2D eigenvalue weighted by Crippen LogP contribution is -2.41. The topological polar surface area (TPSA) is 135 Å². The maximum Gasteiger partial charge on any atom is 0.309 e. The van der Waals surface area contributed by atoms with Gasteiger partial charge in [-0.25, -0.2) is 8.42 Å². The molecule has 1 atom stereocenters. The molecule has 2 aliphatic heterocycles. The van der Waals surface area contributed by atoms with Crippen molar-refractivity contribution >= 4 is 27.6 Å². The first kappa shape index (κ1) is 24.5. The van der Waals surface area contributed by atoms with Gasteiger partial charge in [0.1, 0.15) is 19.3 Å². The van der Waals surface area contributed by atoms with Gasteiger partial charge in [-0.05, 0) is 44.0 Å². The van der Waals surface area contributed by atoms with Crippen molar-refractivity contribution < 1.29 is 32.2 Å². The lowest BCUT2D eigenvalue weighted by molar-refractivity contribution is -0.158. The van der Waals surface area contributed by atoms with Crippen molar-refractivity contribution in [1.82, 2.24) is 4.31 Å².